The second-order valence-corrected chi connectivity index (χ2v) is 8.68. The van der Waals surface area contributed by atoms with Crippen molar-refractivity contribution in [3.05, 3.63) is 101 Å². The van der Waals surface area contributed by atoms with Crippen LogP contribution in [-0.2, 0) is 11.2 Å². The lowest BCUT2D eigenvalue weighted by Crippen LogP contribution is -2.39. The Kier molecular flexibility index (Phi) is 7.91. The van der Waals surface area contributed by atoms with Gasteiger partial charge in [0.05, 0.1) is 24.1 Å². The lowest BCUT2D eigenvalue weighted by atomic mass is 10.0. The fraction of sp³-hybridized carbons (Fsp3) is 0.250. The smallest absolute Gasteiger partial charge is 0.251 e. The number of carbonyl (C=O) groups excluding carboxylic acids is 2. The van der Waals surface area contributed by atoms with Gasteiger partial charge < -0.3 is 15.5 Å². The Hall–Kier alpha value is -4.25. The summed E-state index contributed by atoms with van der Waals surface area (Å²) in [7, 11) is 0. The van der Waals surface area contributed by atoms with Crippen molar-refractivity contribution in [2.75, 3.05) is 24.5 Å². The van der Waals surface area contributed by atoms with Gasteiger partial charge in [-0.25, -0.2) is 8.78 Å². The van der Waals surface area contributed by atoms with Crippen molar-refractivity contribution in [1.29, 1.82) is 5.26 Å². The van der Waals surface area contributed by atoms with Crippen LogP contribution in [0.15, 0.2) is 66.7 Å². The average Bonchev–Trinajstić information content (AvgIpc) is 3.42. The zero-order chi connectivity index (χ0) is 25.5. The summed E-state index contributed by atoms with van der Waals surface area (Å²) in [6.07, 6.45) is 2.36. The number of hydrogen-bond acceptors (Lipinski definition) is 4. The molecule has 2 amide bonds. The number of para-hydroxylation sites is 1. The van der Waals surface area contributed by atoms with E-state index in [9.17, 15) is 18.4 Å². The molecule has 1 saturated heterocycles. The summed E-state index contributed by atoms with van der Waals surface area (Å²) in [6.45, 7) is 1.81. The zero-order valence-corrected chi connectivity index (χ0v) is 19.6. The van der Waals surface area contributed by atoms with Crippen LogP contribution in [0.4, 0.5) is 14.5 Å². The van der Waals surface area contributed by atoms with Crippen LogP contribution in [0.25, 0.3) is 0 Å². The Morgan fingerprint density at radius 2 is 1.72 bits per heavy atom. The van der Waals surface area contributed by atoms with E-state index in [0.717, 1.165) is 49.3 Å². The van der Waals surface area contributed by atoms with E-state index in [1.54, 1.807) is 0 Å². The highest BCUT2D eigenvalue weighted by Gasteiger charge is 2.22. The first kappa shape index (κ1) is 24.9. The van der Waals surface area contributed by atoms with Crippen molar-refractivity contribution in [2.24, 2.45) is 0 Å². The van der Waals surface area contributed by atoms with Crippen LogP contribution in [-0.4, -0.2) is 31.4 Å². The molecule has 0 aromatic heterocycles. The molecule has 184 valence electrons. The number of hydrogen-bond donors (Lipinski definition) is 2. The van der Waals surface area contributed by atoms with E-state index in [-0.39, 0.29) is 30.0 Å². The van der Waals surface area contributed by atoms with Gasteiger partial charge in [-0.05, 0) is 54.8 Å². The minimum absolute atomic E-state index is 0.0520. The molecule has 1 fully saturated rings. The molecule has 6 nitrogen and oxygen atoms in total. The van der Waals surface area contributed by atoms with Gasteiger partial charge in [0, 0.05) is 42.5 Å². The Morgan fingerprint density at radius 1 is 1.00 bits per heavy atom. The van der Waals surface area contributed by atoms with Crippen molar-refractivity contribution >= 4 is 17.5 Å². The SMILES string of the molecule is N#Cc1ccc(C(=O)NC(CNC(=O)Cc2ccccc2N2CCCC2)c2ccc(F)cc2F)cc1. The number of amides is 2. The van der Waals surface area contributed by atoms with Gasteiger partial charge in [0.1, 0.15) is 11.6 Å². The summed E-state index contributed by atoms with van der Waals surface area (Å²) < 4.78 is 28.1. The first-order chi connectivity index (χ1) is 17.4. The van der Waals surface area contributed by atoms with Gasteiger partial charge in [0.25, 0.3) is 5.91 Å². The standard InChI is InChI=1S/C28H26F2N4O2/c29-22-11-12-23(24(30)16-22)25(33-28(36)20-9-7-19(17-31)8-10-20)18-32-27(35)15-21-5-1-2-6-26(21)34-13-3-4-14-34/h1-2,5-12,16,25H,3-4,13-15,18H2,(H,32,35)(H,33,36). The van der Waals surface area contributed by atoms with Crippen molar-refractivity contribution < 1.29 is 18.4 Å². The zero-order valence-electron chi connectivity index (χ0n) is 19.6. The summed E-state index contributed by atoms with van der Waals surface area (Å²) in [4.78, 5) is 27.9. The monoisotopic (exact) mass is 488 g/mol. The van der Waals surface area contributed by atoms with Crippen molar-refractivity contribution in [1.82, 2.24) is 10.6 Å². The summed E-state index contributed by atoms with van der Waals surface area (Å²) in [5.41, 5.74) is 2.64. The van der Waals surface area contributed by atoms with Crippen molar-refractivity contribution in [2.45, 2.75) is 25.3 Å². The highest BCUT2D eigenvalue weighted by atomic mass is 19.1. The number of benzene rings is 3. The molecule has 1 unspecified atom stereocenters. The molecule has 8 heteroatoms. The maximum absolute atomic E-state index is 14.6. The van der Waals surface area contributed by atoms with E-state index in [1.807, 2.05) is 30.3 Å². The Labute approximate surface area is 208 Å². The fourth-order valence-corrected chi connectivity index (χ4v) is 4.34. The van der Waals surface area contributed by atoms with E-state index in [2.05, 4.69) is 15.5 Å². The second kappa shape index (κ2) is 11.5. The van der Waals surface area contributed by atoms with Crippen molar-refractivity contribution in [3.8, 4) is 6.07 Å². The maximum Gasteiger partial charge on any atom is 0.251 e. The fourth-order valence-electron chi connectivity index (χ4n) is 4.34. The number of nitrogens with zero attached hydrogens (tertiary/aromatic N) is 2. The quantitative estimate of drug-likeness (QED) is 0.496. The van der Waals surface area contributed by atoms with E-state index in [4.69, 9.17) is 5.26 Å². The number of nitriles is 1. The molecule has 0 bridgehead atoms. The molecule has 1 aliphatic rings. The summed E-state index contributed by atoms with van der Waals surface area (Å²) in [5, 5.41) is 14.5. The largest absolute Gasteiger partial charge is 0.371 e. The molecule has 1 aliphatic heterocycles. The molecule has 0 spiro atoms. The summed E-state index contributed by atoms with van der Waals surface area (Å²) >= 11 is 0. The molecular weight excluding hydrogens is 462 g/mol. The van der Waals surface area contributed by atoms with Gasteiger partial charge >= 0.3 is 0 Å². The Balaban J connectivity index is 1.48. The van der Waals surface area contributed by atoms with Crippen LogP contribution in [0.3, 0.4) is 0 Å². The molecule has 1 atom stereocenters. The predicted octanol–water partition coefficient (Wildman–Crippen LogP) is 4.27. The maximum atomic E-state index is 14.6. The molecule has 0 saturated carbocycles. The normalized spacial score (nSPS) is 13.6. The number of nitrogens with one attached hydrogen (secondary N) is 2. The predicted molar refractivity (Wildman–Crippen MR) is 132 cm³/mol. The van der Waals surface area contributed by atoms with Gasteiger partial charge in [-0.1, -0.05) is 24.3 Å². The molecule has 0 aliphatic carbocycles. The van der Waals surface area contributed by atoms with Crippen LogP contribution in [0.2, 0.25) is 0 Å². The van der Waals surface area contributed by atoms with E-state index in [0.29, 0.717) is 5.56 Å². The van der Waals surface area contributed by atoms with E-state index in [1.165, 1.54) is 30.3 Å². The lowest BCUT2D eigenvalue weighted by molar-refractivity contribution is -0.120. The van der Waals surface area contributed by atoms with Gasteiger partial charge in [-0.2, -0.15) is 5.26 Å². The van der Waals surface area contributed by atoms with Crippen LogP contribution in [0.5, 0.6) is 0 Å². The van der Waals surface area contributed by atoms with Crippen LogP contribution >= 0.6 is 0 Å². The third-order valence-corrected chi connectivity index (χ3v) is 6.21. The number of rotatable bonds is 8. The number of anilines is 1. The molecule has 3 aromatic rings. The molecule has 1 heterocycles. The molecule has 3 aromatic carbocycles. The first-order valence-corrected chi connectivity index (χ1v) is 11.8. The summed E-state index contributed by atoms with van der Waals surface area (Å²) in [6, 6.07) is 17.9. The Morgan fingerprint density at radius 3 is 2.42 bits per heavy atom. The third kappa shape index (κ3) is 6.05. The van der Waals surface area contributed by atoms with Gasteiger partial charge in [-0.3, -0.25) is 9.59 Å². The number of halogens is 2. The lowest BCUT2D eigenvalue weighted by Gasteiger charge is -2.22. The highest BCUT2D eigenvalue weighted by Crippen LogP contribution is 2.25. The molecular formula is C28H26F2N4O2. The van der Waals surface area contributed by atoms with Crippen LogP contribution in [0, 0.1) is 23.0 Å². The molecule has 36 heavy (non-hydrogen) atoms. The minimum atomic E-state index is -0.938. The van der Waals surface area contributed by atoms with Crippen molar-refractivity contribution in [3.63, 3.8) is 0 Å². The minimum Gasteiger partial charge on any atom is -0.371 e. The molecule has 0 radical (unpaired) electrons. The first-order valence-electron chi connectivity index (χ1n) is 11.8. The Bertz CT molecular complexity index is 1280. The van der Waals surface area contributed by atoms with Crippen LogP contribution in [0.1, 0.15) is 45.9 Å². The van der Waals surface area contributed by atoms with Gasteiger partial charge in [-0.15, -0.1) is 0 Å². The van der Waals surface area contributed by atoms with E-state index < -0.39 is 23.6 Å². The second-order valence-electron chi connectivity index (χ2n) is 8.68. The van der Waals surface area contributed by atoms with E-state index >= 15 is 0 Å². The highest BCUT2D eigenvalue weighted by molar-refractivity contribution is 5.94. The van der Waals surface area contributed by atoms with Crippen LogP contribution < -0.4 is 15.5 Å². The average molecular weight is 489 g/mol. The summed E-state index contributed by atoms with van der Waals surface area (Å²) in [5.74, 6) is -2.35. The van der Waals surface area contributed by atoms with Gasteiger partial charge in [0.15, 0.2) is 0 Å². The molecule has 2 N–H and O–H groups in total. The number of carbonyl (C=O) groups is 2. The third-order valence-electron chi connectivity index (χ3n) is 6.21. The van der Waals surface area contributed by atoms with Gasteiger partial charge in [0.2, 0.25) is 5.91 Å². The molecule has 4 rings (SSSR count). The topological polar surface area (TPSA) is 85.2 Å².